The molecule has 0 unspecified atom stereocenters. The van der Waals surface area contributed by atoms with Crippen molar-refractivity contribution in [2.45, 2.75) is 6.18 Å². The molecule has 0 atom stereocenters. The predicted octanol–water partition coefficient (Wildman–Crippen LogP) is 2.24. The van der Waals surface area contributed by atoms with Crippen molar-refractivity contribution in [1.29, 1.82) is 0 Å². The smallest absolute Gasteiger partial charge is 0.351 e. The van der Waals surface area contributed by atoms with Gasteiger partial charge in [-0.2, -0.15) is 13.2 Å². The van der Waals surface area contributed by atoms with Crippen molar-refractivity contribution < 1.29 is 18.0 Å². The number of rotatable bonds is 1. The molecule has 0 radical (unpaired) electrons. The van der Waals surface area contributed by atoms with Crippen LogP contribution in [-0.4, -0.2) is 17.1 Å². The summed E-state index contributed by atoms with van der Waals surface area (Å²) in [6, 6.07) is 2.66. The molecule has 1 rings (SSSR count). The summed E-state index contributed by atoms with van der Waals surface area (Å²) in [4.78, 5) is 12.9. The topological polar surface area (TPSA) is 44.9 Å². The highest BCUT2D eigenvalue weighted by molar-refractivity contribution is 7.71. The van der Waals surface area contributed by atoms with Crippen LogP contribution in [-0.2, 0) is 4.79 Å². The Bertz CT molecular complexity index is 378. The van der Waals surface area contributed by atoms with E-state index in [1.807, 2.05) is 0 Å². The van der Waals surface area contributed by atoms with Crippen LogP contribution in [0.4, 0.5) is 18.9 Å². The number of nitrogens with one attached hydrogen (secondary N) is 2. The lowest BCUT2D eigenvalue weighted by Crippen LogP contribution is -2.29. The first-order valence-electron chi connectivity index (χ1n) is 3.46. The summed E-state index contributed by atoms with van der Waals surface area (Å²) >= 11 is 4.67. The molecule has 0 aliphatic heterocycles. The van der Waals surface area contributed by atoms with Crippen LogP contribution in [0.2, 0.25) is 0 Å². The molecular formula is C7H5F3N2OS. The van der Waals surface area contributed by atoms with Crippen molar-refractivity contribution >= 4 is 23.8 Å². The van der Waals surface area contributed by atoms with Gasteiger partial charge in [-0.05, 0) is 12.1 Å². The fourth-order valence-corrected chi connectivity index (χ4v) is 0.817. The van der Waals surface area contributed by atoms with Gasteiger partial charge < -0.3 is 10.3 Å². The van der Waals surface area contributed by atoms with Crippen molar-refractivity contribution in [3.63, 3.8) is 0 Å². The number of aromatic amines is 1. The van der Waals surface area contributed by atoms with Crippen LogP contribution in [0.1, 0.15) is 0 Å². The number of H-pyrrole nitrogens is 1. The molecule has 0 saturated heterocycles. The molecule has 1 heterocycles. The first-order chi connectivity index (χ1) is 6.39. The van der Waals surface area contributed by atoms with Gasteiger partial charge in [-0.3, -0.25) is 4.79 Å². The highest BCUT2D eigenvalue weighted by atomic mass is 32.1. The van der Waals surface area contributed by atoms with Crippen molar-refractivity contribution in [3.8, 4) is 0 Å². The van der Waals surface area contributed by atoms with Gasteiger partial charge in [0.25, 0.3) is 0 Å². The molecule has 14 heavy (non-hydrogen) atoms. The number of aromatic nitrogens is 1. The van der Waals surface area contributed by atoms with Gasteiger partial charge in [0.2, 0.25) is 0 Å². The molecule has 2 N–H and O–H groups in total. The molecule has 1 amide bonds. The fraction of sp³-hybridized carbons (Fsp3) is 0.143. The van der Waals surface area contributed by atoms with Gasteiger partial charge in [0.05, 0.1) is 5.69 Å². The van der Waals surface area contributed by atoms with Crippen molar-refractivity contribution in [2.75, 3.05) is 5.32 Å². The number of alkyl halides is 3. The third-order valence-corrected chi connectivity index (χ3v) is 1.55. The second kappa shape index (κ2) is 3.79. The number of amides is 1. The van der Waals surface area contributed by atoms with E-state index >= 15 is 0 Å². The van der Waals surface area contributed by atoms with E-state index in [1.165, 1.54) is 18.3 Å². The van der Waals surface area contributed by atoms with Gasteiger partial charge >= 0.3 is 12.1 Å². The van der Waals surface area contributed by atoms with Crippen LogP contribution in [0.5, 0.6) is 0 Å². The van der Waals surface area contributed by atoms with Gasteiger partial charge in [-0.15, -0.1) is 0 Å². The second-order valence-electron chi connectivity index (χ2n) is 2.39. The summed E-state index contributed by atoms with van der Waals surface area (Å²) in [5.74, 6) is -2.01. The standard InChI is InChI=1S/C7H5F3N2OS/c8-7(9,10)6(13)12-4-1-2-5(14)11-3-4/h1-3H,(H,11,14)(H,12,13). The zero-order valence-electron chi connectivity index (χ0n) is 6.68. The molecule has 0 saturated carbocycles. The number of halogens is 3. The van der Waals surface area contributed by atoms with Gasteiger partial charge in [0.1, 0.15) is 4.64 Å². The van der Waals surface area contributed by atoms with Gasteiger partial charge in [-0.1, -0.05) is 12.2 Å². The Kier molecular flexibility index (Phi) is 2.90. The lowest BCUT2D eigenvalue weighted by Gasteiger charge is -2.06. The molecule has 76 valence electrons. The Balaban J connectivity index is 2.75. The summed E-state index contributed by atoms with van der Waals surface area (Å²) in [6.45, 7) is 0. The molecule has 0 aliphatic rings. The van der Waals surface area contributed by atoms with Gasteiger partial charge in [0, 0.05) is 6.20 Å². The number of carbonyl (C=O) groups excluding carboxylic acids is 1. The molecule has 7 heteroatoms. The van der Waals surface area contributed by atoms with Crippen molar-refractivity contribution in [3.05, 3.63) is 23.0 Å². The maximum absolute atomic E-state index is 11.8. The van der Waals surface area contributed by atoms with E-state index in [9.17, 15) is 18.0 Å². The monoisotopic (exact) mass is 222 g/mol. The summed E-state index contributed by atoms with van der Waals surface area (Å²) in [5, 5.41) is 1.67. The predicted molar refractivity (Wildman–Crippen MR) is 46.3 cm³/mol. The molecular weight excluding hydrogens is 217 g/mol. The SMILES string of the molecule is O=C(Nc1ccc(=S)[nH]c1)C(F)(F)F. The van der Waals surface area contributed by atoms with Gasteiger partial charge in [-0.25, -0.2) is 0 Å². The largest absolute Gasteiger partial charge is 0.471 e. The molecule has 0 fully saturated rings. The van der Waals surface area contributed by atoms with E-state index in [1.54, 1.807) is 5.32 Å². The van der Waals surface area contributed by atoms with E-state index in [-0.39, 0.29) is 5.69 Å². The maximum atomic E-state index is 11.8. The lowest BCUT2D eigenvalue weighted by atomic mass is 10.4. The van der Waals surface area contributed by atoms with Crippen molar-refractivity contribution in [2.24, 2.45) is 0 Å². The van der Waals surface area contributed by atoms with Crippen LogP contribution in [0.25, 0.3) is 0 Å². The molecule has 1 aromatic heterocycles. The highest BCUT2D eigenvalue weighted by Gasteiger charge is 2.38. The summed E-state index contributed by atoms with van der Waals surface area (Å²) in [5.41, 5.74) is 0.0147. The summed E-state index contributed by atoms with van der Waals surface area (Å²) < 4.78 is 35.7. The molecule has 0 bridgehead atoms. The van der Waals surface area contributed by atoms with Crippen LogP contribution < -0.4 is 5.32 Å². The number of pyridine rings is 1. The first kappa shape index (κ1) is 10.7. The Labute approximate surface area is 81.9 Å². The third kappa shape index (κ3) is 2.84. The summed E-state index contributed by atoms with van der Waals surface area (Å²) in [6.07, 6.45) is -3.70. The van der Waals surface area contributed by atoms with Crippen molar-refractivity contribution in [1.82, 2.24) is 4.98 Å². The van der Waals surface area contributed by atoms with Crippen LogP contribution in [0.15, 0.2) is 18.3 Å². The minimum Gasteiger partial charge on any atom is -0.351 e. The molecule has 0 spiro atoms. The van der Waals surface area contributed by atoms with Gasteiger partial charge in [0.15, 0.2) is 0 Å². The third-order valence-electron chi connectivity index (χ3n) is 1.30. The quantitative estimate of drug-likeness (QED) is 0.716. The zero-order chi connectivity index (χ0) is 10.8. The fourth-order valence-electron chi connectivity index (χ4n) is 0.690. The zero-order valence-corrected chi connectivity index (χ0v) is 7.50. The van der Waals surface area contributed by atoms with E-state index in [0.717, 1.165) is 0 Å². The molecule has 3 nitrogen and oxygen atoms in total. The minimum atomic E-state index is -4.88. The highest BCUT2D eigenvalue weighted by Crippen LogP contribution is 2.17. The Hall–Kier alpha value is -1.37. The van der Waals surface area contributed by atoms with Crippen LogP contribution in [0.3, 0.4) is 0 Å². The molecule has 0 aromatic carbocycles. The average molecular weight is 222 g/mol. The average Bonchev–Trinajstić information content (AvgIpc) is 2.07. The number of carbonyl (C=O) groups is 1. The van der Waals surface area contributed by atoms with E-state index in [4.69, 9.17) is 0 Å². The molecule has 0 aliphatic carbocycles. The van der Waals surface area contributed by atoms with Crippen LogP contribution in [0, 0.1) is 4.64 Å². The number of anilines is 1. The Morgan fingerprint density at radius 1 is 1.43 bits per heavy atom. The summed E-state index contributed by atoms with van der Waals surface area (Å²) in [7, 11) is 0. The Morgan fingerprint density at radius 2 is 2.07 bits per heavy atom. The number of hydrogen-bond donors (Lipinski definition) is 2. The lowest BCUT2D eigenvalue weighted by molar-refractivity contribution is -0.167. The number of hydrogen-bond acceptors (Lipinski definition) is 2. The van der Waals surface area contributed by atoms with E-state index in [2.05, 4.69) is 17.2 Å². The van der Waals surface area contributed by atoms with E-state index < -0.39 is 12.1 Å². The first-order valence-corrected chi connectivity index (χ1v) is 3.87. The minimum absolute atomic E-state index is 0.0147. The Morgan fingerprint density at radius 3 is 2.50 bits per heavy atom. The van der Waals surface area contributed by atoms with E-state index in [0.29, 0.717) is 4.64 Å². The second-order valence-corrected chi connectivity index (χ2v) is 2.83. The normalized spacial score (nSPS) is 11.1. The van der Waals surface area contributed by atoms with Crippen LogP contribution >= 0.6 is 12.2 Å². The maximum Gasteiger partial charge on any atom is 0.471 e. The molecule has 1 aromatic rings.